The van der Waals surface area contributed by atoms with Crippen LogP contribution in [-0.2, 0) is 6.42 Å². The Labute approximate surface area is 66.0 Å². The summed E-state index contributed by atoms with van der Waals surface area (Å²) in [5.41, 5.74) is 3.86. The summed E-state index contributed by atoms with van der Waals surface area (Å²) in [6, 6.07) is 5.54. The van der Waals surface area contributed by atoms with Crippen LogP contribution in [0.25, 0.3) is 6.08 Å². The number of phenols is 1. The summed E-state index contributed by atoms with van der Waals surface area (Å²) in [6.45, 7) is 2.11. The van der Waals surface area contributed by atoms with Crippen LogP contribution in [0.3, 0.4) is 0 Å². The fourth-order valence-electron chi connectivity index (χ4n) is 1.49. The topological polar surface area (TPSA) is 20.2 Å². The molecule has 2 rings (SSSR count). The fourth-order valence-corrected chi connectivity index (χ4v) is 1.49. The molecule has 1 nitrogen and oxygen atoms in total. The second-order valence-corrected chi connectivity index (χ2v) is 3.05. The average molecular weight is 146 g/mol. The van der Waals surface area contributed by atoms with E-state index in [1.165, 1.54) is 16.7 Å². The van der Waals surface area contributed by atoms with Gasteiger partial charge in [-0.3, -0.25) is 0 Å². The molecular weight excluding hydrogens is 136 g/mol. The number of allylic oxidation sites excluding steroid dienone is 1. The van der Waals surface area contributed by atoms with Crippen molar-refractivity contribution in [3.05, 3.63) is 34.9 Å². The Hall–Kier alpha value is -1.24. The standard InChI is InChI=1S/C10H10O/c1-7-4-8-2-3-10(11)6-9(8)5-7/h2-3,5-6,11H,4H2,1H3. The van der Waals surface area contributed by atoms with Crippen LogP contribution in [-0.4, -0.2) is 5.11 Å². The van der Waals surface area contributed by atoms with E-state index in [9.17, 15) is 0 Å². The lowest BCUT2D eigenvalue weighted by Gasteiger charge is -1.97. The highest BCUT2D eigenvalue weighted by atomic mass is 16.3. The molecule has 1 aromatic carbocycles. The molecule has 1 aromatic rings. The van der Waals surface area contributed by atoms with Crippen LogP contribution < -0.4 is 0 Å². The van der Waals surface area contributed by atoms with Crippen LogP contribution in [0.4, 0.5) is 0 Å². The molecule has 11 heavy (non-hydrogen) atoms. The lowest BCUT2D eigenvalue weighted by atomic mass is 10.1. The van der Waals surface area contributed by atoms with Crippen molar-refractivity contribution < 1.29 is 5.11 Å². The minimum absolute atomic E-state index is 0.356. The molecule has 0 saturated carbocycles. The van der Waals surface area contributed by atoms with Gasteiger partial charge in [0.1, 0.15) is 5.75 Å². The molecule has 0 fully saturated rings. The SMILES string of the molecule is CC1=Cc2cc(O)ccc2C1. The number of hydrogen-bond donors (Lipinski definition) is 1. The van der Waals surface area contributed by atoms with Gasteiger partial charge in [-0.15, -0.1) is 0 Å². The largest absolute Gasteiger partial charge is 0.508 e. The second-order valence-electron chi connectivity index (χ2n) is 3.05. The van der Waals surface area contributed by atoms with Gasteiger partial charge < -0.3 is 5.11 Å². The van der Waals surface area contributed by atoms with Gasteiger partial charge in [0.2, 0.25) is 0 Å². The number of fused-ring (bicyclic) bond motifs is 1. The molecule has 0 heterocycles. The Balaban J connectivity index is 2.54. The van der Waals surface area contributed by atoms with E-state index < -0.39 is 0 Å². The monoisotopic (exact) mass is 146 g/mol. The molecule has 0 amide bonds. The lowest BCUT2D eigenvalue weighted by Crippen LogP contribution is -1.80. The zero-order valence-electron chi connectivity index (χ0n) is 6.46. The first-order chi connectivity index (χ1) is 5.25. The maximum atomic E-state index is 9.15. The zero-order chi connectivity index (χ0) is 7.84. The van der Waals surface area contributed by atoms with Crippen molar-refractivity contribution >= 4 is 6.08 Å². The maximum absolute atomic E-state index is 9.15. The summed E-state index contributed by atoms with van der Waals surface area (Å²) in [4.78, 5) is 0. The maximum Gasteiger partial charge on any atom is 0.116 e. The van der Waals surface area contributed by atoms with Crippen molar-refractivity contribution in [1.29, 1.82) is 0 Å². The van der Waals surface area contributed by atoms with Crippen LogP contribution in [0.15, 0.2) is 23.8 Å². The molecule has 1 heteroatoms. The van der Waals surface area contributed by atoms with Crippen LogP contribution in [0.5, 0.6) is 5.75 Å². The van der Waals surface area contributed by atoms with Crippen molar-refractivity contribution in [2.24, 2.45) is 0 Å². The molecule has 0 spiro atoms. The van der Waals surface area contributed by atoms with Gasteiger partial charge in [-0.2, -0.15) is 0 Å². The van der Waals surface area contributed by atoms with Crippen molar-refractivity contribution in [1.82, 2.24) is 0 Å². The van der Waals surface area contributed by atoms with Gasteiger partial charge in [-0.25, -0.2) is 0 Å². The van der Waals surface area contributed by atoms with Crippen molar-refractivity contribution in [3.63, 3.8) is 0 Å². The van der Waals surface area contributed by atoms with E-state index >= 15 is 0 Å². The number of benzene rings is 1. The molecular formula is C10H10O. The van der Waals surface area contributed by atoms with Crippen molar-refractivity contribution in [3.8, 4) is 5.75 Å². The van der Waals surface area contributed by atoms with Gasteiger partial charge in [-0.1, -0.05) is 17.7 Å². The van der Waals surface area contributed by atoms with Crippen LogP contribution in [0, 0.1) is 0 Å². The molecule has 0 aromatic heterocycles. The first-order valence-electron chi connectivity index (χ1n) is 3.75. The molecule has 0 saturated heterocycles. The highest BCUT2D eigenvalue weighted by molar-refractivity contribution is 5.64. The predicted molar refractivity (Wildman–Crippen MR) is 45.5 cm³/mol. The summed E-state index contributed by atoms with van der Waals surface area (Å²) >= 11 is 0. The van der Waals surface area contributed by atoms with E-state index in [1.54, 1.807) is 6.07 Å². The highest BCUT2D eigenvalue weighted by Crippen LogP contribution is 2.27. The van der Waals surface area contributed by atoms with Gasteiger partial charge in [0.15, 0.2) is 0 Å². The first-order valence-corrected chi connectivity index (χ1v) is 3.75. The Bertz CT molecular complexity index is 324. The molecule has 0 aliphatic heterocycles. The second kappa shape index (κ2) is 2.12. The minimum atomic E-state index is 0.356. The number of rotatable bonds is 0. The predicted octanol–water partition coefficient (Wildman–Crippen LogP) is 2.35. The number of phenolic OH excluding ortho intramolecular Hbond substituents is 1. The first kappa shape index (κ1) is 6.47. The fraction of sp³-hybridized carbons (Fsp3) is 0.200. The Kier molecular flexibility index (Phi) is 1.25. The average Bonchev–Trinajstić information content (AvgIpc) is 2.27. The molecule has 0 unspecified atom stereocenters. The van der Waals surface area contributed by atoms with Crippen LogP contribution >= 0.6 is 0 Å². The van der Waals surface area contributed by atoms with Gasteiger partial charge in [-0.05, 0) is 36.6 Å². The molecule has 56 valence electrons. The van der Waals surface area contributed by atoms with Crippen molar-refractivity contribution in [2.75, 3.05) is 0 Å². The minimum Gasteiger partial charge on any atom is -0.508 e. The van der Waals surface area contributed by atoms with Gasteiger partial charge in [0.05, 0.1) is 0 Å². The van der Waals surface area contributed by atoms with E-state index in [4.69, 9.17) is 5.11 Å². The van der Waals surface area contributed by atoms with Crippen molar-refractivity contribution in [2.45, 2.75) is 13.3 Å². The lowest BCUT2D eigenvalue weighted by molar-refractivity contribution is 0.475. The number of aromatic hydroxyl groups is 1. The normalized spacial score (nSPS) is 14.5. The van der Waals surface area contributed by atoms with E-state index in [2.05, 4.69) is 13.0 Å². The third kappa shape index (κ3) is 1.03. The Morgan fingerprint density at radius 2 is 2.18 bits per heavy atom. The molecule has 1 aliphatic carbocycles. The molecule has 0 radical (unpaired) electrons. The van der Waals surface area contributed by atoms with Crippen LogP contribution in [0.1, 0.15) is 18.1 Å². The summed E-state index contributed by atoms with van der Waals surface area (Å²) in [7, 11) is 0. The van der Waals surface area contributed by atoms with E-state index in [0.717, 1.165) is 6.42 Å². The molecule has 0 bridgehead atoms. The van der Waals surface area contributed by atoms with Gasteiger partial charge in [0.25, 0.3) is 0 Å². The quantitative estimate of drug-likeness (QED) is 0.595. The highest BCUT2D eigenvalue weighted by Gasteiger charge is 2.08. The third-order valence-electron chi connectivity index (χ3n) is 2.00. The molecule has 0 atom stereocenters. The van der Waals surface area contributed by atoms with E-state index in [0.29, 0.717) is 5.75 Å². The van der Waals surface area contributed by atoms with E-state index in [-0.39, 0.29) is 0 Å². The Morgan fingerprint density at radius 3 is 3.00 bits per heavy atom. The molecule has 1 N–H and O–H groups in total. The smallest absolute Gasteiger partial charge is 0.116 e. The summed E-state index contributed by atoms with van der Waals surface area (Å²) in [5, 5.41) is 9.15. The third-order valence-corrected chi connectivity index (χ3v) is 2.00. The summed E-state index contributed by atoms with van der Waals surface area (Å²) < 4.78 is 0. The van der Waals surface area contributed by atoms with Gasteiger partial charge in [0, 0.05) is 0 Å². The molecule has 1 aliphatic rings. The Morgan fingerprint density at radius 1 is 1.36 bits per heavy atom. The zero-order valence-corrected chi connectivity index (χ0v) is 6.46. The number of hydrogen-bond acceptors (Lipinski definition) is 1. The van der Waals surface area contributed by atoms with Gasteiger partial charge >= 0.3 is 0 Å². The summed E-state index contributed by atoms with van der Waals surface area (Å²) in [6.07, 6.45) is 3.16. The van der Waals surface area contributed by atoms with Crippen LogP contribution in [0.2, 0.25) is 0 Å². The van der Waals surface area contributed by atoms with E-state index in [1.807, 2.05) is 12.1 Å². The summed E-state index contributed by atoms with van der Waals surface area (Å²) in [5.74, 6) is 0.356.